The first-order valence-corrected chi connectivity index (χ1v) is 12.0. The summed E-state index contributed by atoms with van der Waals surface area (Å²) >= 11 is 3.32. The molecule has 7 nitrogen and oxygen atoms in total. The van der Waals surface area contributed by atoms with Gasteiger partial charge in [-0.1, -0.05) is 35.2 Å². The Labute approximate surface area is 185 Å². The van der Waals surface area contributed by atoms with Crippen LogP contribution < -0.4 is 5.43 Å². The van der Waals surface area contributed by atoms with Gasteiger partial charge in [0.1, 0.15) is 5.75 Å². The minimum absolute atomic E-state index is 0.137. The Morgan fingerprint density at radius 3 is 2.37 bits per heavy atom. The second kappa shape index (κ2) is 10.2. The largest absolute Gasteiger partial charge is 0.508 e. The van der Waals surface area contributed by atoms with Crippen LogP contribution in [0, 0.1) is 0 Å². The molecule has 0 saturated heterocycles. The number of nitrogens with zero attached hydrogens (tertiary/aromatic N) is 2. The molecule has 1 aliphatic carbocycles. The summed E-state index contributed by atoms with van der Waals surface area (Å²) in [7, 11) is -3.82. The Kier molecular flexibility index (Phi) is 7.63. The third-order valence-corrected chi connectivity index (χ3v) is 7.44. The molecule has 0 atom stereocenters. The highest BCUT2D eigenvalue weighted by molar-refractivity contribution is 9.10. The molecule has 2 N–H and O–H groups in total. The molecule has 1 fully saturated rings. The maximum atomic E-state index is 13.3. The average molecular weight is 494 g/mol. The number of carbonyl (C=O) groups excluding carboxylic acids is 1. The van der Waals surface area contributed by atoms with Crippen molar-refractivity contribution < 1.29 is 18.3 Å². The fourth-order valence-corrected chi connectivity index (χ4v) is 5.34. The molecular weight excluding hydrogens is 470 g/mol. The minimum Gasteiger partial charge on any atom is -0.508 e. The van der Waals surface area contributed by atoms with Gasteiger partial charge in [-0.05, 0) is 66.9 Å². The lowest BCUT2D eigenvalue weighted by Gasteiger charge is -2.32. The predicted octanol–water partition coefficient (Wildman–Crippen LogP) is 3.63. The number of amides is 1. The van der Waals surface area contributed by atoms with Gasteiger partial charge in [0, 0.05) is 10.5 Å². The van der Waals surface area contributed by atoms with E-state index >= 15 is 0 Å². The van der Waals surface area contributed by atoms with Gasteiger partial charge in [-0.15, -0.1) is 0 Å². The second-order valence-corrected chi connectivity index (χ2v) is 9.99. The summed E-state index contributed by atoms with van der Waals surface area (Å²) < 4.78 is 28.6. The van der Waals surface area contributed by atoms with Gasteiger partial charge in [0.25, 0.3) is 5.91 Å². The Morgan fingerprint density at radius 2 is 1.73 bits per heavy atom. The monoisotopic (exact) mass is 493 g/mol. The van der Waals surface area contributed by atoms with Crippen molar-refractivity contribution in [3.8, 4) is 5.75 Å². The van der Waals surface area contributed by atoms with E-state index in [0.29, 0.717) is 5.56 Å². The number of hydrogen-bond donors (Lipinski definition) is 2. The smallest absolute Gasteiger partial charge is 0.255 e. The number of aromatic hydroxyl groups is 1. The van der Waals surface area contributed by atoms with Gasteiger partial charge in [-0.3, -0.25) is 4.79 Å². The Bertz CT molecular complexity index is 986. The van der Waals surface area contributed by atoms with Gasteiger partial charge < -0.3 is 5.11 Å². The first-order valence-electron chi connectivity index (χ1n) is 9.74. The van der Waals surface area contributed by atoms with Crippen LogP contribution >= 0.6 is 15.9 Å². The quantitative estimate of drug-likeness (QED) is 0.454. The highest BCUT2D eigenvalue weighted by Gasteiger charge is 2.33. The van der Waals surface area contributed by atoms with E-state index in [1.165, 1.54) is 34.8 Å². The van der Waals surface area contributed by atoms with Crippen LogP contribution in [0.1, 0.15) is 37.7 Å². The number of phenols is 1. The maximum Gasteiger partial charge on any atom is 0.255 e. The van der Waals surface area contributed by atoms with E-state index in [1.54, 1.807) is 24.3 Å². The molecule has 0 unspecified atom stereocenters. The molecule has 0 aromatic heterocycles. The van der Waals surface area contributed by atoms with Gasteiger partial charge in [0.15, 0.2) is 0 Å². The van der Waals surface area contributed by atoms with Crippen molar-refractivity contribution in [3.63, 3.8) is 0 Å². The van der Waals surface area contributed by atoms with Gasteiger partial charge in [-0.25, -0.2) is 13.8 Å². The van der Waals surface area contributed by atoms with Crippen LogP contribution in [0.2, 0.25) is 0 Å². The van der Waals surface area contributed by atoms with Crippen molar-refractivity contribution in [1.29, 1.82) is 0 Å². The van der Waals surface area contributed by atoms with E-state index < -0.39 is 15.9 Å². The third kappa shape index (κ3) is 5.90. The molecule has 3 rings (SSSR count). The molecule has 1 amide bonds. The van der Waals surface area contributed by atoms with Crippen LogP contribution in [0.5, 0.6) is 5.75 Å². The number of halogens is 1. The summed E-state index contributed by atoms with van der Waals surface area (Å²) in [6.07, 6.45) is 5.87. The predicted molar refractivity (Wildman–Crippen MR) is 119 cm³/mol. The Balaban J connectivity index is 1.74. The van der Waals surface area contributed by atoms with Crippen LogP contribution in [0.25, 0.3) is 0 Å². The number of phenolic OH excluding ortho intramolecular Hbond substituents is 1. The van der Waals surface area contributed by atoms with Crippen molar-refractivity contribution in [2.24, 2.45) is 5.10 Å². The molecule has 0 heterocycles. The minimum atomic E-state index is -3.82. The highest BCUT2D eigenvalue weighted by atomic mass is 79.9. The number of benzene rings is 2. The Hall–Kier alpha value is -2.23. The third-order valence-electron chi connectivity index (χ3n) is 5.00. The van der Waals surface area contributed by atoms with E-state index in [9.17, 15) is 18.3 Å². The second-order valence-electron chi connectivity index (χ2n) is 7.18. The zero-order valence-corrected chi connectivity index (χ0v) is 18.8. The highest BCUT2D eigenvalue weighted by Crippen LogP contribution is 2.28. The van der Waals surface area contributed by atoms with Crippen LogP contribution in [0.4, 0.5) is 0 Å². The van der Waals surface area contributed by atoms with Gasteiger partial charge in [0.05, 0.1) is 17.7 Å². The molecule has 2 aromatic carbocycles. The standard InChI is InChI=1S/C21H24BrN3O4S/c22-17-8-12-20(13-9-17)30(28,29)25(18-4-2-1-3-5-18)15-21(27)24-23-14-16-6-10-19(26)11-7-16/h6-14,18,26H,1-5,15H2,(H,24,27). The molecule has 9 heteroatoms. The van der Waals surface area contributed by atoms with Crippen LogP contribution in [-0.4, -0.2) is 42.5 Å². The molecular formula is C21H24BrN3O4S. The number of carbonyl (C=O) groups is 1. The van der Waals surface area contributed by atoms with E-state index in [1.807, 2.05) is 0 Å². The topological polar surface area (TPSA) is 99.1 Å². The first kappa shape index (κ1) is 22.5. The van der Waals surface area contributed by atoms with Gasteiger partial charge >= 0.3 is 0 Å². The number of hydrogen-bond acceptors (Lipinski definition) is 5. The number of hydrazone groups is 1. The van der Waals surface area contributed by atoms with Crippen molar-refractivity contribution in [1.82, 2.24) is 9.73 Å². The molecule has 160 valence electrons. The first-order chi connectivity index (χ1) is 14.4. The zero-order chi connectivity index (χ0) is 21.6. The van der Waals surface area contributed by atoms with E-state index in [2.05, 4.69) is 26.5 Å². The molecule has 0 bridgehead atoms. The molecule has 0 radical (unpaired) electrons. The van der Waals surface area contributed by atoms with Crippen LogP contribution in [0.15, 0.2) is 63.0 Å². The molecule has 1 aliphatic rings. The lowest BCUT2D eigenvalue weighted by atomic mass is 9.95. The molecule has 2 aromatic rings. The van der Waals surface area contributed by atoms with Gasteiger partial charge in [0.2, 0.25) is 10.0 Å². The summed E-state index contributed by atoms with van der Waals surface area (Å²) in [6, 6.07) is 12.5. The van der Waals surface area contributed by atoms with Crippen molar-refractivity contribution in [2.45, 2.75) is 43.0 Å². The summed E-state index contributed by atoms with van der Waals surface area (Å²) in [5.41, 5.74) is 3.10. The molecule has 0 aliphatic heterocycles. The van der Waals surface area contributed by atoms with Crippen molar-refractivity contribution in [2.75, 3.05) is 6.54 Å². The summed E-state index contributed by atoms with van der Waals surface area (Å²) in [4.78, 5) is 12.7. The van der Waals surface area contributed by atoms with Gasteiger partial charge in [-0.2, -0.15) is 9.41 Å². The normalized spacial score (nSPS) is 15.5. The zero-order valence-electron chi connectivity index (χ0n) is 16.4. The van der Waals surface area contributed by atoms with Crippen LogP contribution in [0.3, 0.4) is 0 Å². The fourth-order valence-electron chi connectivity index (χ4n) is 3.44. The number of rotatable bonds is 7. The maximum absolute atomic E-state index is 13.3. The molecule has 1 saturated carbocycles. The van der Waals surface area contributed by atoms with Crippen molar-refractivity contribution in [3.05, 3.63) is 58.6 Å². The van der Waals surface area contributed by atoms with Crippen LogP contribution in [-0.2, 0) is 14.8 Å². The summed E-state index contributed by atoms with van der Waals surface area (Å²) in [6.45, 7) is -0.296. The molecule has 0 spiro atoms. The summed E-state index contributed by atoms with van der Waals surface area (Å²) in [5, 5.41) is 13.2. The average Bonchev–Trinajstić information content (AvgIpc) is 2.74. The van der Waals surface area contributed by atoms with E-state index in [4.69, 9.17) is 0 Å². The Morgan fingerprint density at radius 1 is 1.10 bits per heavy atom. The SMILES string of the molecule is O=C(CN(C1CCCCC1)S(=O)(=O)c1ccc(Br)cc1)NN=Cc1ccc(O)cc1. The van der Waals surface area contributed by atoms with E-state index in [-0.39, 0.29) is 23.2 Å². The van der Waals surface area contributed by atoms with E-state index in [0.717, 1.165) is 36.6 Å². The lowest BCUT2D eigenvalue weighted by molar-refractivity contribution is -0.121. The molecule has 30 heavy (non-hydrogen) atoms. The lowest BCUT2D eigenvalue weighted by Crippen LogP contribution is -2.46. The summed E-state index contributed by atoms with van der Waals surface area (Å²) in [5.74, 6) is -0.367. The van der Waals surface area contributed by atoms with Crippen molar-refractivity contribution >= 4 is 38.1 Å². The number of sulfonamides is 1. The number of nitrogens with one attached hydrogen (secondary N) is 1. The fraction of sp³-hybridized carbons (Fsp3) is 0.333.